The van der Waals surface area contributed by atoms with Gasteiger partial charge in [-0.15, -0.1) is 0 Å². The second-order valence-corrected chi connectivity index (χ2v) is 6.75. The monoisotopic (exact) mass is 316 g/mol. The van der Waals surface area contributed by atoms with E-state index in [1.165, 1.54) is 0 Å². The lowest BCUT2D eigenvalue weighted by Gasteiger charge is -2.11. The molecule has 0 heterocycles. The summed E-state index contributed by atoms with van der Waals surface area (Å²) in [5.74, 6) is 5.74. The van der Waals surface area contributed by atoms with Crippen LogP contribution in [-0.2, 0) is 10.0 Å². The molecule has 0 saturated carbocycles. The molecule has 21 heavy (non-hydrogen) atoms. The van der Waals surface area contributed by atoms with Crippen LogP contribution in [0.3, 0.4) is 0 Å². The molecule has 0 amide bonds. The smallest absolute Gasteiger partial charge is 0.271 e. The van der Waals surface area contributed by atoms with Gasteiger partial charge in [0.2, 0.25) is 10.0 Å². The van der Waals surface area contributed by atoms with Gasteiger partial charge in [0.05, 0.1) is 10.6 Å². The van der Waals surface area contributed by atoms with E-state index in [2.05, 4.69) is 24.0 Å². The fourth-order valence-electron chi connectivity index (χ4n) is 1.77. The molecular weight excluding hydrogens is 296 g/mol. The zero-order chi connectivity index (χ0) is 16.0. The van der Waals surface area contributed by atoms with Gasteiger partial charge in [-0.2, -0.15) is 0 Å². The summed E-state index contributed by atoms with van der Waals surface area (Å²) in [6, 6.07) is 3.38. The number of hydrogen-bond donors (Lipinski definition) is 3. The van der Waals surface area contributed by atoms with Gasteiger partial charge in [0.1, 0.15) is 4.90 Å². The molecule has 0 saturated heterocycles. The van der Waals surface area contributed by atoms with Crippen molar-refractivity contribution in [3.8, 4) is 0 Å². The van der Waals surface area contributed by atoms with E-state index in [1.807, 2.05) is 0 Å². The van der Waals surface area contributed by atoms with Crippen LogP contribution in [0.25, 0.3) is 0 Å². The molecule has 0 radical (unpaired) electrons. The van der Waals surface area contributed by atoms with Crippen molar-refractivity contribution in [2.45, 2.75) is 31.6 Å². The van der Waals surface area contributed by atoms with E-state index in [0.29, 0.717) is 12.5 Å². The van der Waals surface area contributed by atoms with Crippen LogP contribution in [0.1, 0.15) is 26.7 Å². The van der Waals surface area contributed by atoms with Gasteiger partial charge < -0.3 is 5.43 Å². The van der Waals surface area contributed by atoms with Crippen LogP contribution in [0.4, 0.5) is 11.4 Å². The maximum atomic E-state index is 12.2. The van der Waals surface area contributed by atoms with E-state index < -0.39 is 14.9 Å². The molecule has 0 aliphatic heterocycles. The Morgan fingerprint density at radius 2 is 2.05 bits per heavy atom. The van der Waals surface area contributed by atoms with Crippen LogP contribution in [0.2, 0.25) is 0 Å². The molecule has 0 bridgehead atoms. The standard InChI is InChI=1S/C12H20N4O4S/c1-9(2)4-3-7-14-21(19,20)12-6-5-10(16(17)18)8-11(12)15-13/h5-6,8-9,14-15H,3-4,7,13H2,1-2H3. The van der Waals surface area contributed by atoms with Crippen molar-refractivity contribution < 1.29 is 13.3 Å². The van der Waals surface area contributed by atoms with Crippen molar-refractivity contribution in [1.29, 1.82) is 0 Å². The Hall–Kier alpha value is -1.71. The minimum absolute atomic E-state index is 0.0134. The first-order valence-electron chi connectivity index (χ1n) is 6.52. The molecule has 118 valence electrons. The van der Waals surface area contributed by atoms with Gasteiger partial charge in [-0.3, -0.25) is 16.0 Å². The van der Waals surface area contributed by atoms with E-state index in [-0.39, 0.29) is 16.3 Å². The van der Waals surface area contributed by atoms with Crippen LogP contribution >= 0.6 is 0 Å². The minimum Gasteiger partial charge on any atom is -0.323 e. The Morgan fingerprint density at radius 3 is 2.57 bits per heavy atom. The average molecular weight is 316 g/mol. The molecule has 0 atom stereocenters. The number of nitro groups is 1. The van der Waals surface area contributed by atoms with Crippen molar-refractivity contribution >= 4 is 21.4 Å². The molecule has 9 heteroatoms. The maximum Gasteiger partial charge on any atom is 0.271 e. The number of non-ortho nitro benzene ring substituents is 1. The first kappa shape index (κ1) is 17.3. The SMILES string of the molecule is CC(C)CCCNS(=O)(=O)c1ccc([N+](=O)[O-])cc1NN. The summed E-state index contributed by atoms with van der Waals surface area (Å²) < 4.78 is 26.8. The highest BCUT2D eigenvalue weighted by molar-refractivity contribution is 7.89. The summed E-state index contributed by atoms with van der Waals surface area (Å²) in [6.07, 6.45) is 1.63. The largest absolute Gasteiger partial charge is 0.323 e. The molecule has 4 N–H and O–H groups in total. The number of rotatable bonds is 8. The lowest BCUT2D eigenvalue weighted by molar-refractivity contribution is -0.384. The van der Waals surface area contributed by atoms with Crippen molar-refractivity contribution in [3.05, 3.63) is 28.3 Å². The molecule has 0 aromatic heterocycles. The highest BCUT2D eigenvalue weighted by atomic mass is 32.2. The van der Waals surface area contributed by atoms with Crippen LogP contribution in [0, 0.1) is 16.0 Å². The van der Waals surface area contributed by atoms with Gasteiger partial charge in [0.15, 0.2) is 0 Å². The van der Waals surface area contributed by atoms with Crippen LogP contribution in [0.15, 0.2) is 23.1 Å². The van der Waals surface area contributed by atoms with E-state index in [9.17, 15) is 18.5 Å². The number of hydrogen-bond acceptors (Lipinski definition) is 6. The zero-order valence-corrected chi connectivity index (χ0v) is 12.8. The average Bonchev–Trinajstić information content (AvgIpc) is 2.42. The second kappa shape index (κ2) is 7.34. The fourth-order valence-corrected chi connectivity index (χ4v) is 3.00. The maximum absolute atomic E-state index is 12.2. The van der Waals surface area contributed by atoms with Gasteiger partial charge in [-0.1, -0.05) is 13.8 Å². The topological polar surface area (TPSA) is 127 Å². The number of nitrogens with one attached hydrogen (secondary N) is 2. The number of nitrogen functional groups attached to an aromatic ring is 1. The Kier molecular flexibility index (Phi) is 6.06. The zero-order valence-electron chi connectivity index (χ0n) is 12.0. The Bertz CT molecular complexity index is 601. The molecule has 0 spiro atoms. The molecule has 1 rings (SSSR count). The van der Waals surface area contributed by atoms with Crippen molar-refractivity contribution in [2.75, 3.05) is 12.0 Å². The molecule has 0 fully saturated rings. The van der Waals surface area contributed by atoms with Gasteiger partial charge >= 0.3 is 0 Å². The van der Waals surface area contributed by atoms with Crippen LogP contribution < -0.4 is 16.0 Å². The van der Waals surface area contributed by atoms with E-state index in [4.69, 9.17) is 5.84 Å². The normalized spacial score (nSPS) is 11.6. The van der Waals surface area contributed by atoms with Gasteiger partial charge in [0.25, 0.3) is 5.69 Å². The number of anilines is 1. The second-order valence-electron chi connectivity index (χ2n) is 5.02. The molecule has 1 aromatic rings. The third kappa shape index (κ3) is 4.96. The Morgan fingerprint density at radius 1 is 1.38 bits per heavy atom. The number of nitro benzene ring substituents is 1. The first-order chi connectivity index (χ1) is 9.77. The molecule has 0 aliphatic rings. The van der Waals surface area contributed by atoms with Crippen molar-refractivity contribution in [1.82, 2.24) is 4.72 Å². The molecule has 0 unspecified atom stereocenters. The van der Waals surface area contributed by atoms with Crippen molar-refractivity contribution in [3.63, 3.8) is 0 Å². The summed E-state index contributed by atoms with van der Waals surface area (Å²) in [5.41, 5.74) is 1.93. The van der Waals surface area contributed by atoms with Crippen LogP contribution in [0.5, 0.6) is 0 Å². The molecule has 1 aromatic carbocycles. The highest BCUT2D eigenvalue weighted by Gasteiger charge is 2.20. The summed E-state index contributed by atoms with van der Waals surface area (Å²) in [4.78, 5) is 9.95. The van der Waals surface area contributed by atoms with E-state index in [0.717, 1.165) is 31.0 Å². The predicted octanol–water partition coefficient (Wildman–Crippen LogP) is 1.59. The van der Waals surface area contributed by atoms with E-state index >= 15 is 0 Å². The summed E-state index contributed by atoms with van der Waals surface area (Å²) in [6.45, 7) is 4.42. The van der Waals surface area contributed by atoms with Gasteiger partial charge in [0, 0.05) is 18.7 Å². The predicted molar refractivity (Wildman–Crippen MR) is 80.2 cm³/mol. The third-order valence-electron chi connectivity index (χ3n) is 2.87. The third-order valence-corrected chi connectivity index (χ3v) is 4.39. The number of nitrogens with two attached hydrogens (primary N) is 1. The Balaban J connectivity index is 2.90. The number of nitrogens with zero attached hydrogens (tertiary/aromatic N) is 1. The lowest BCUT2D eigenvalue weighted by Crippen LogP contribution is -2.26. The van der Waals surface area contributed by atoms with E-state index in [1.54, 1.807) is 0 Å². The molecule has 8 nitrogen and oxygen atoms in total. The summed E-state index contributed by atoms with van der Waals surface area (Å²) in [5, 5.41) is 10.7. The number of sulfonamides is 1. The van der Waals surface area contributed by atoms with Crippen molar-refractivity contribution in [2.24, 2.45) is 11.8 Å². The lowest BCUT2D eigenvalue weighted by atomic mass is 10.1. The first-order valence-corrected chi connectivity index (χ1v) is 8.01. The molecular formula is C12H20N4O4S. The summed E-state index contributed by atoms with van der Waals surface area (Å²) >= 11 is 0. The van der Waals surface area contributed by atoms with Gasteiger partial charge in [-0.25, -0.2) is 13.1 Å². The number of benzene rings is 1. The molecule has 0 aliphatic carbocycles. The fraction of sp³-hybridized carbons (Fsp3) is 0.500. The quantitative estimate of drug-likeness (QED) is 0.289. The summed E-state index contributed by atoms with van der Waals surface area (Å²) in [7, 11) is -3.76. The number of hydrazine groups is 1. The minimum atomic E-state index is -3.76. The highest BCUT2D eigenvalue weighted by Crippen LogP contribution is 2.25. The Labute approximate surface area is 123 Å². The van der Waals surface area contributed by atoms with Gasteiger partial charge in [-0.05, 0) is 24.8 Å². The van der Waals surface area contributed by atoms with Crippen LogP contribution in [-0.4, -0.2) is 19.9 Å².